The summed E-state index contributed by atoms with van der Waals surface area (Å²) in [6, 6.07) is 7.90. The van der Waals surface area contributed by atoms with E-state index in [0.29, 0.717) is 35.5 Å². The van der Waals surface area contributed by atoms with Gasteiger partial charge in [-0.15, -0.1) is 0 Å². The predicted molar refractivity (Wildman–Crippen MR) is 124 cm³/mol. The van der Waals surface area contributed by atoms with Crippen molar-refractivity contribution in [2.24, 2.45) is 0 Å². The summed E-state index contributed by atoms with van der Waals surface area (Å²) in [6.07, 6.45) is 3.03. The maximum absolute atomic E-state index is 14.3. The number of nitrogens with two attached hydrogens (primary N) is 1. The van der Waals surface area contributed by atoms with E-state index in [9.17, 15) is 13.6 Å². The first kappa shape index (κ1) is 22.7. The Bertz CT molecular complexity index is 1200. The van der Waals surface area contributed by atoms with Crippen molar-refractivity contribution < 1.29 is 18.3 Å². The van der Waals surface area contributed by atoms with Gasteiger partial charge in [0.2, 0.25) is 5.95 Å². The number of ether oxygens (including phenoxy) is 1. The van der Waals surface area contributed by atoms with Crippen LogP contribution < -0.4 is 11.1 Å². The molecule has 0 unspecified atom stereocenters. The van der Waals surface area contributed by atoms with Crippen molar-refractivity contribution in [1.29, 1.82) is 0 Å². The predicted octanol–water partition coefficient (Wildman–Crippen LogP) is 4.97. The number of hydrogen-bond donors (Lipinski definition) is 2. The van der Waals surface area contributed by atoms with Crippen molar-refractivity contribution >= 4 is 28.6 Å². The topological polar surface area (TPSA) is 93.4 Å². The Morgan fingerprint density at radius 3 is 2.76 bits per heavy atom. The van der Waals surface area contributed by atoms with E-state index in [-0.39, 0.29) is 23.4 Å². The monoisotopic (exact) mass is 455 g/mol. The number of nitrogen functional groups attached to an aromatic ring is 1. The molecule has 1 atom stereocenters. The second-order valence-corrected chi connectivity index (χ2v) is 9.21. The quantitative estimate of drug-likeness (QED) is 0.542. The van der Waals surface area contributed by atoms with Crippen LogP contribution in [0.15, 0.2) is 36.5 Å². The van der Waals surface area contributed by atoms with E-state index in [4.69, 9.17) is 10.5 Å². The van der Waals surface area contributed by atoms with E-state index in [1.807, 2.05) is 20.8 Å². The molecule has 0 spiro atoms. The lowest BCUT2D eigenvalue weighted by atomic mass is 10.0. The van der Waals surface area contributed by atoms with Crippen LogP contribution in [0, 0.1) is 11.6 Å². The molecule has 0 bridgehead atoms. The molecule has 3 aromatic rings. The largest absolute Gasteiger partial charge is 0.444 e. The number of nitrogens with zero attached hydrogens (tertiary/aromatic N) is 3. The Balaban J connectivity index is 1.49. The van der Waals surface area contributed by atoms with Gasteiger partial charge in [-0.1, -0.05) is 6.07 Å². The molecular formula is C24H27F2N5O2. The number of carbonyl (C=O) groups excluding carboxylic acids is 1. The fraction of sp³-hybridized carbons (Fsp3) is 0.375. The Morgan fingerprint density at radius 1 is 1.21 bits per heavy atom. The number of carbonyl (C=O) groups is 1. The molecule has 1 saturated heterocycles. The van der Waals surface area contributed by atoms with Gasteiger partial charge in [0.15, 0.2) is 11.6 Å². The number of hydrogen-bond acceptors (Lipinski definition) is 6. The maximum Gasteiger partial charge on any atom is 0.410 e. The van der Waals surface area contributed by atoms with Crippen LogP contribution in [0.25, 0.3) is 22.0 Å². The van der Waals surface area contributed by atoms with Gasteiger partial charge in [0.25, 0.3) is 0 Å². The number of rotatable bonds is 3. The molecule has 33 heavy (non-hydrogen) atoms. The summed E-state index contributed by atoms with van der Waals surface area (Å²) in [6.45, 7) is 6.68. The van der Waals surface area contributed by atoms with Crippen molar-refractivity contribution in [3.63, 3.8) is 0 Å². The van der Waals surface area contributed by atoms with Crippen LogP contribution in [0.1, 0.15) is 33.6 Å². The third-order valence-corrected chi connectivity index (χ3v) is 5.41. The highest BCUT2D eigenvalue weighted by Crippen LogP contribution is 2.29. The molecule has 1 aromatic heterocycles. The van der Waals surface area contributed by atoms with Crippen LogP contribution in [0.3, 0.4) is 0 Å². The lowest BCUT2D eigenvalue weighted by Crippen LogP contribution is -2.47. The van der Waals surface area contributed by atoms with E-state index in [1.165, 1.54) is 12.1 Å². The molecule has 4 rings (SSSR count). The Hall–Kier alpha value is -3.49. The summed E-state index contributed by atoms with van der Waals surface area (Å²) in [4.78, 5) is 23.0. The van der Waals surface area contributed by atoms with Gasteiger partial charge in [-0.3, -0.25) is 0 Å². The summed E-state index contributed by atoms with van der Waals surface area (Å²) < 4.78 is 33.7. The zero-order valence-electron chi connectivity index (χ0n) is 18.9. The number of likely N-dealkylation sites (tertiary alicyclic amines) is 1. The summed E-state index contributed by atoms with van der Waals surface area (Å²) in [5.74, 6) is -1.60. The SMILES string of the molecule is CC(C)(C)OC(=O)N1CCC[C@H](Nc2ncc3cc(-c4ccc(N)c(F)c4F)ccc3n2)C1. The van der Waals surface area contributed by atoms with Crippen molar-refractivity contribution in [2.75, 3.05) is 24.1 Å². The summed E-state index contributed by atoms with van der Waals surface area (Å²) in [5.41, 5.74) is 5.94. The van der Waals surface area contributed by atoms with E-state index in [1.54, 1.807) is 29.3 Å². The van der Waals surface area contributed by atoms with Gasteiger partial charge in [0.05, 0.1) is 11.2 Å². The van der Waals surface area contributed by atoms with Gasteiger partial charge in [-0.25, -0.2) is 23.5 Å². The second kappa shape index (κ2) is 8.80. The number of amides is 1. The molecule has 1 fully saturated rings. The zero-order valence-corrected chi connectivity index (χ0v) is 18.9. The second-order valence-electron chi connectivity index (χ2n) is 9.21. The lowest BCUT2D eigenvalue weighted by Gasteiger charge is -2.34. The van der Waals surface area contributed by atoms with Crippen molar-refractivity contribution in [3.8, 4) is 11.1 Å². The van der Waals surface area contributed by atoms with Crippen LogP contribution in [-0.2, 0) is 4.74 Å². The van der Waals surface area contributed by atoms with E-state index >= 15 is 0 Å². The molecule has 0 radical (unpaired) electrons. The first-order valence-electron chi connectivity index (χ1n) is 10.9. The van der Waals surface area contributed by atoms with Crippen molar-refractivity contribution in [3.05, 3.63) is 48.2 Å². The minimum Gasteiger partial charge on any atom is -0.444 e. The molecule has 9 heteroatoms. The average molecular weight is 456 g/mol. The smallest absolute Gasteiger partial charge is 0.410 e. The lowest BCUT2D eigenvalue weighted by molar-refractivity contribution is 0.0206. The molecule has 2 aromatic carbocycles. The highest BCUT2D eigenvalue weighted by Gasteiger charge is 2.28. The molecule has 7 nitrogen and oxygen atoms in total. The number of anilines is 2. The summed E-state index contributed by atoms with van der Waals surface area (Å²) in [7, 11) is 0. The summed E-state index contributed by atoms with van der Waals surface area (Å²) in [5, 5.41) is 3.98. The number of nitrogens with one attached hydrogen (secondary N) is 1. The molecule has 1 amide bonds. The number of aromatic nitrogens is 2. The molecule has 174 valence electrons. The number of piperidine rings is 1. The van der Waals surface area contributed by atoms with Crippen molar-refractivity contribution in [1.82, 2.24) is 14.9 Å². The van der Waals surface area contributed by atoms with Gasteiger partial charge >= 0.3 is 6.09 Å². The van der Waals surface area contributed by atoms with E-state index < -0.39 is 17.2 Å². The highest BCUT2D eigenvalue weighted by molar-refractivity contribution is 5.85. The van der Waals surface area contributed by atoms with Crippen LogP contribution in [-0.4, -0.2) is 45.7 Å². The van der Waals surface area contributed by atoms with Gasteiger partial charge in [-0.2, -0.15) is 0 Å². The van der Waals surface area contributed by atoms with Gasteiger partial charge in [0.1, 0.15) is 5.60 Å². The van der Waals surface area contributed by atoms with E-state index in [0.717, 1.165) is 12.8 Å². The molecule has 2 heterocycles. The maximum atomic E-state index is 14.3. The minimum absolute atomic E-state index is 0.00478. The minimum atomic E-state index is -1.06. The zero-order chi connectivity index (χ0) is 23.8. The van der Waals surface area contributed by atoms with Crippen LogP contribution in [0.5, 0.6) is 0 Å². The van der Waals surface area contributed by atoms with Crippen molar-refractivity contribution in [2.45, 2.75) is 45.3 Å². The normalized spacial score (nSPS) is 16.6. The Labute approximate surface area is 191 Å². The van der Waals surface area contributed by atoms with Gasteiger partial charge in [0, 0.05) is 36.3 Å². The van der Waals surface area contributed by atoms with E-state index in [2.05, 4.69) is 15.3 Å². The third-order valence-electron chi connectivity index (χ3n) is 5.41. The molecule has 3 N–H and O–H groups in total. The molecular weight excluding hydrogens is 428 g/mol. The molecule has 0 saturated carbocycles. The number of halogens is 2. The standard InChI is InChI=1S/C24H27F2N5O2/c1-24(2,3)33-23(32)31-10-4-5-16(13-31)29-22-28-12-15-11-14(6-9-19(15)30-22)17-7-8-18(27)21(26)20(17)25/h6-9,11-12,16H,4-5,10,13,27H2,1-3H3,(H,28,29,30)/t16-/m0/s1. The first-order chi connectivity index (χ1) is 15.6. The van der Waals surface area contributed by atoms with Crippen LogP contribution >= 0.6 is 0 Å². The van der Waals surface area contributed by atoms with Crippen LogP contribution in [0.2, 0.25) is 0 Å². The molecule has 1 aliphatic rings. The van der Waals surface area contributed by atoms with Crippen LogP contribution in [0.4, 0.5) is 25.2 Å². The Morgan fingerprint density at radius 2 is 2.00 bits per heavy atom. The molecule has 0 aliphatic carbocycles. The van der Waals surface area contributed by atoms with Gasteiger partial charge in [-0.05, 0) is 63.4 Å². The Kier molecular flexibility index (Phi) is 6.05. The third kappa shape index (κ3) is 5.13. The van der Waals surface area contributed by atoms with Gasteiger partial charge < -0.3 is 20.7 Å². The molecule has 1 aliphatic heterocycles. The first-order valence-corrected chi connectivity index (χ1v) is 10.9. The number of fused-ring (bicyclic) bond motifs is 1. The highest BCUT2D eigenvalue weighted by atomic mass is 19.2. The fourth-order valence-corrected chi connectivity index (χ4v) is 3.83. The number of benzene rings is 2. The average Bonchev–Trinajstić information content (AvgIpc) is 2.76. The fourth-order valence-electron chi connectivity index (χ4n) is 3.83. The summed E-state index contributed by atoms with van der Waals surface area (Å²) >= 11 is 0.